The molecule has 0 saturated heterocycles. The van der Waals surface area contributed by atoms with Crippen molar-refractivity contribution in [1.29, 1.82) is 0 Å². The van der Waals surface area contributed by atoms with Gasteiger partial charge in [0.2, 0.25) is 0 Å². The Bertz CT molecular complexity index is 670. The largest absolute Gasteiger partial charge is 0.399 e. The smallest absolute Gasteiger partial charge is 0.255 e. The normalized spacial score (nSPS) is 12.0. The molecule has 1 unspecified atom stereocenters. The van der Waals surface area contributed by atoms with Crippen molar-refractivity contribution in [2.24, 2.45) is 0 Å². The zero-order valence-electron chi connectivity index (χ0n) is 12.4. The molecule has 0 fully saturated rings. The number of nitrogens with two attached hydrogens (primary N) is 1. The van der Waals surface area contributed by atoms with Gasteiger partial charge in [-0.2, -0.15) is 0 Å². The van der Waals surface area contributed by atoms with Crippen molar-refractivity contribution in [2.45, 2.75) is 19.9 Å². The molecule has 0 heterocycles. The van der Waals surface area contributed by atoms with Crippen LogP contribution in [0.4, 0.5) is 5.69 Å². The first-order valence-electron chi connectivity index (χ1n) is 6.79. The molecule has 110 valence electrons. The number of hydrogen-bond acceptors (Lipinski definition) is 2. The lowest BCUT2D eigenvalue weighted by molar-refractivity contribution is 0.0741. The Balaban J connectivity index is 2.26. The summed E-state index contributed by atoms with van der Waals surface area (Å²) in [6, 6.07) is 13.3. The van der Waals surface area contributed by atoms with Gasteiger partial charge in [0, 0.05) is 17.2 Å². The molecule has 3 nitrogen and oxygen atoms in total. The maximum atomic E-state index is 12.6. The molecule has 0 bridgehead atoms. The van der Waals surface area contributed by atoms with Crippen LogP contribution in [0.3, 0.4) is 0 Å². The van der Waals surface area contributed by atoms with E-state index < -0.39 is 0 Å². The van der Waals surface area contributed by atoms with Crippen LogP contribution in [0.25, 0.3) is 0 Å². The molecule has 0 radical (unpaired) electrons. The number of carbonyl (C=O) groups is 1. The van der Waals surface area contributed by atoms with Crippen LogP contribution in [0.2, 0.25) is 0 Å². The van der Waals surface area contributed by atoms with E-state index in [1.165, 1.54) is 0 Å². The minimum Gasteiger partial charge on any atom is -0.399 e. The molecule has 0 aliphatic rings. The van der Waals surface area contributed by atoms with Crippen molar-refractivity contribution >= 4 is 27.5 Å². The molecule has 0 spiro atoms. The minimum absolute atomic E-state index is 0.0169. The number of hydrogen-bond donors (Lipinski definition) is 1. The number of aryl methyl sites for hydroxylation is 1. The summed E-state index contributed by atoms with van der Waals surface area (Å²) in [5.41, 5.74) is 9.32. The number of anilines is 1. The van der Waals surface area contributed by atoms with Gasteiger partial charge in [0.15, 0.2) is 0 Å². The van der Waals surface area contributed by atoms with E-state index in [2.05, 4.69) is 15.9 Å². The highest BCUT2D eigenvalue weighted by Gasteiger charge is 2.20. The lowest BCUT2D eigenvalue weighted by Gasteiger charge is -2.26. The first-order valence-corrected chi connectivity index (χ1v) is 7.58. The second-order valence-corrected chi connectivity index (χ2v) is 6.10. The summed E-state index contributed by atoms with van der Waals surface area (Å²) in [4.78, 5) is 14.4. The summed E-state index contributed by atoms with van der Waals surface area (Å²) < 4.78 is 0.819. The summed E-state index contributed by atoms with van der Waals surface area (Å²) in [6.07, 6.45) is 0. The number of rotatable bonds is 3. The van der Waals surface area contributed by atoms with Gasteiger partial charge in [-0.1, -0.05) is 18.2 Å². The van der Waals surface area contributed by atoms with Crippen LogP contribution in [-0.2, 0) is 0 Å². The van der Waals surface area contributed by atoms with E-state index >= 15 is 0 Å². The van der Waals surface area contributed by atoms with Gasteiger partial charge in [0.25, 0.3) is 5.91 Å². The summed E-state index contributed by atoms with van der Waals surface area (Å²) in [5, 5.41) is 0. The number of nitrogen functional groups attached to an aromatic ring is 1. The zero-order chi connectivity index (χ0) is 15.6. The van der Waals surface area contributed by atoms with Crippen LogP contribution in [0.1, 0.15) is 34.5 Å². The Morgan fingerprint density at radius 2 is 1.95 bits per heavy atom. The number of amides is 1. The Morgan fingerprint density at radius 3 is 2.57 bits per heavy atom. The van der Waals surface area contributed by atoms with Crippen LogP contribution >= 0.6 is 15.9 Å². The van der Waals surface area contributed by atoms with Crippen molar-refractivity contribution in [3.05, 3.63) is 63.6 Å². The number of nitrogens with zero attached hydrogens (tertiary/aromatic N) is 1. The van der Waals surface area contributed by atoms with Gasteiger partial charge >= 0.3 is 0 Å². The predicted octanol–water partition coefficient (Wildman–Crippen LogP) is 4.17. The highest BCUT2D eigenvalue weighted by atomic mass is 79.9. The van der Waals surface area contributed by atoms with E-state index in [0.29, 0.717) is 11.3 Å². The average Bonchev–Trinajstić information content (AvgIpc) is 2.45. The van der Waals surface area contributed by atoms with E-state index in [9.17, 15) is 4.79 Å². The standard InChI is InChI=1S/C17H19BrN2O/c1-11-7-8-15(16(18)9-11)17(21)20(3)12(2)13-5-4-6-14(19)10-13/h4-10,12H,19H2,1-3H3. The third kappa shape index (κ3) is 3.45. The van der Waals surface area contributed by atoms with E-state index in [1.54, 1.807) is 4.90 Å². The van der Waals surface area contributed by atoms with Crippen LogP contribution in [0, 0.1) is 6.92 Å². The average molecular weight is 347 g/mol. The highest BCUT2D eigenvalue weighted by molar-refractivity contribution is 9.10. The van der Waals surface area contributed by atoms with Gasteiger partial charge in [-0.3, -0.25) is 4.79 Å². The SMILES string of the molecule is Cc1ccc(C(=O)N(C)C(C)c2cccc(N)c2)c(Br)c1. The molecule has 0 aromatic heterocycles. The highest BCUT2D eigenvalue weighted by Crippen LogP contribution is 2.25. The van der Waals surface area contributed by atoms with Crippen LogP contribution in [-0.4, -0.2) is 17.9 Å². The Kier molecular flexibility index (Phi) is 4.68. The fraction of sp³-hybridized carbons (Fsp3) is 0.235. The Morgan fingerprint density at radius 1 is 1.24 bits per heavy atom. The second kappa shape index (κ2) is 6.31. The Hall–Kier alpha value is -1.81. The molecular weight excluding hydrogens is 328 g/mol. The van der Waals surface area contributed by atoms with Crippen LogP contribution in [0.15, 0.2) is 46.9 Å². The molecule has 0 aliphatic carbocycles. The van der Waals surface area contributed by atoms with Gasteiger partial charge in [-0.15, -0.1) is 0 Å². The summed E-state index contributed by atoms with van der Waals surface area (Å²) >= 11 is 3.47. The number of halogens is 1. The van der Waals surface area contributed by atoms with Crippen molar-refractivity contribution in [2.75, 3.05) is 12.8 Å². The lowest BCUT2D eigenvalue weighted by Crippen LogP contribution is -2.30. The lowest BCUT2D eigenvalue weighted by atomic mass is 10.1. The topological polar surface area (TPSA) is 46.3 Å². The molecule has 1 atom stereocenters. The molecule has 1 amide bonds. The molecular formula is C17H19BrN2O. The second-order valence-electron chi connectivity index (χ2n) is 5.25. The maximum Gasteiger partial charge on any atom is 0.255 e. The predicted molar refractivity (Wildman–Crippen MR) is 90.2 cm³/mol. The van der Waals surface area contributed by atoms with E-state index in [1.807, 2.05) is 63.4 Å². The molecule has 2 N–H and O–H groups in total. The number of benzene rings is 2. The van der Waals surface area contributed by atoms with E-state index in [-0.39, 0.29) is 11.9 Å². The minimum atomic E-state index is -0.0470. The third-order valence-corrected chi connectivity index (χ3v) is 4.31. The van der Waals surface area contributed by atoms with Crippen LogP contribution in [0.5, 0.6) is 0 Å². The Labute approximate surface area is 133 Å². The molecule has 4 heteroatoms. The van der Waals surface area contributed by atoms with Crippen molar-refractivity contribution in [3.8, 4) is 0 Å². The third-order valence-electron chi connectivity index (χ3n) is 3.65. The van der Waals surface area contributed by atoms with E-state index in [0.717, 1.165) is 15.6 Å². The van der Waals surface area contributed by atoms with Gasteiger partial charge in [0.05, 0.1) is 11.6 Å². The number of carbonyl (C=O) groups excluding carboxylic acids is 1. The summed E-state index contributed by atoms with van der Waals surface area (Å²) in [6.45, 7) is 3.99. The quantitative estimate of drug-likeness (QED) is 0.847. The molecule has 2 rings (SSSR count). The van der Waals surface area contributed by atoms with Gasteiger partial charge in [0.1, 0.15) is 0 Å². The maximum absolute atomic E-state index is 12.6. The van der Waals surface area contributed by atoms with Crippen molar-refractivity contribution < 1.29 is 4.79 Å². The zero-order valence-corrected chi connectivity index (χ0v) is 14.0. The molecule has 0 saturated carbocycles. The van der Waals surface area contributed by atoms with E-state index in [4.69, 9.17) is 5.73 Å². The molecule has 2 aromatic carbocycles. The monoisotopic (exact) mass is 346 g/mol. The van der Waals surface area contributed by atoms with Gasteiger partial charge < -0.3 is 10.6 Å². The molecule has 2 aromatic rings. The van der Waals surface area contributed by atoms with Crippen molar-refractivity contribution in [3.63, 3.8) is 0 Å². The summed E-state index contributed by atoms with van der Waals surface area (Å²) in [5.74, 6) is -0.0169. The molecule has 0 aliphatic heterocycles. The molecule has 21 heavy (non-hydrogen) atoms. The first kappa shape index (κ1) is 15.6. The van der Waals surface area contributed by atoms with Gasteiger partial charge in [-0.25, -0.2) is 0 Å². The van der Waals surface area contributed by atoms with Crippen LogP contribution < -0.4 is 5.73 Å². The van der Waals surface area contributed by atoms with Gasteiger partial charge in [-0.05, 0) is 65.2 Å². The fourth-order valence-corrected chi connectivity index (χ4v) is 2.86. The summed E-state index contributed by atoms with van der Waals surface area (Å²) in [7, 11) is 1.81. The first-order chi connectivity index (χ1) is 9.90. The fourth-order valence-electron chi connectivity index (χ4n) is 2.20. The van der Waals surface area contributed by atoms with Crippen molar-refractivity contribution in [1.82, 2.24) is 4.90 Å².